The third-order valence-electron chi connectivity index (χ3n) is 3.05. The molecule has 0 radical (unpaired) electrons. The maximum Gasteiger partial charge on any atom is 0.418 e. The molecule has 21 heavy (non-hydrogen) atoms. The first kappa shape index (κ1) is 15.4. The van der Waals surface area contributed by atoms with Crippen molar-refractivity contribution < 1.29 is 19.4 Å². The van der Waals surface area contributed by atoms with E-state index in [9.17, 15) is 9.90 Å². The molecule has 0 fully saturated rings. The van der Waals surface area contributed by atoms with Crippen molar-refractivity contribution in [1.82, 2.24) is 4.90 Å². The second-order valence-electron chi connectivity index (χ2n) is 5.95. The Balaban J connectivity index is 2.16. The highest BCUT2D eigenvalue weighted by Crippen LogP contribution is 2.29. The van der Waals surface area contributed by atoms with Crippen LogP contribution in [0.5, 0.6) is 0 Å². The second-order valence-corrected chi connectivity index (χ2v) is 5.95. The number of allylic oxidation sites excluding steroid dienone is 4. The van der Waals surface area contributed by atoms with Crippen molar-refractivity contribution in [3.05, 3.63) is 48.2 Å². The van der Waals surface area contributed by atoms with Crippen LogP contribution in [-0.2, 0) is 9.47 Å². The van der Waals surface area contributed by atoms with E-state index in [2.05, 4.69) is 0 Å². The summed E-state index contributed by atoms with van der Waals surface area (Å²) in [5, 5.41) is 9.44. The van der Waals surface area contributed by atoms with E-state index in [0.717, 1.165) is 12.0 Å². The summed E-state index contributed by atoms with van der Waals surface area (Å²) in [6.07, 6.45) is 10.6. The fourth-order valence-electron chi connectivity index (χ4n) is 2.07. The van der Waals surface area contributed by atoms with Crippen LogP contribution < -0.4 is 0 Å². The van der Waals surface area contributed by atoms with Crippen LogP contribution in [0, 0.1) is 5.92 Å². The SMILES string of the molecule is CC(C)(C)OC(=O)N1C=COC(C2=CC=CCC2CO)=C1. The van der Waals surface area contributed by atoms with Crippen molar-refractivity contribution in [2.24, 2.45) is 5.92 Å². The lowest BCUT2D eigenvalue weighted by atomic mass is 9.91. The highest BCUT2D eigenvalue weighted by Gasteiger charge is 2.25. The maximum atomic E-state index is 12.1. The monoisotopic (exact) mass is 291 g/mol. The van der Waals surface area contributed by atoms with Crippen LogP contribution in [0.4, 0.5) is 4.79 Å². The molecule has 1 atom stereocenters. The summed E-state index contributed by atoms with van der Waals surface area (Å²) in [6, 6.07) is 0. The van der Waals surface area contributed by atoms with Crippen LogP contribution in [-0.4, -0.2) is 28.3 Å². The Hall–Kier alpha value is -2.01. The van der Waals surface area contributed by atoms with Crippen molar-refractivity contribution >= 4 is 6.09 Å². The summed E-state index contributed by atoms with van der Waals surface area (Å²) in [4.78, 5) is 13.4. The third-order valence-corrected chi connectivity index (χ3v) is 3.05. The lowest BCUT2D eigenvalue weighted by Gasteiger charge is -2.27. The molecule has 2 rings (SSSR count). The van der Waals surface area contributed by atoms with E-state index in [4.69, 9.17) is 9.47 Å². The number of amides is 1. The van der Waals surface area contributed by atoms with Crippen LogP contribution in [0.2, 0.25) is 0 Å². The first-order valence-electron chi connectivity index (χ1n) is 6.95. The molecule has 0 saturated heterocycles. The van der Waals surface area contributed by atoms with Crippen molar-refractivity contribution in [1.29, 1.82) is 0 Å². The van der Waals surface area contributed by atoms with E-state index in [0.29, 0.717) is 5.76 Å². The molecule has 0 bridgehead atoms. The molecule has 2 aliphatic rings. The molecule has 0 spiro atoms. The maximum absolute atomic E-state index is 12.1. The van der Waals surface area contributed by atoms with E-state index in [-0.39, 0.29) is 12.5 Å². The summed E-state index contributed by atoms with van der Waals surface area (Å²) in [5.74, 6) is 0.528. The fraction of sp³-hybridized carbons (Fsp3) is 0.438. The van der Waals surface area contributed by atoms with Gasteiger partial charge in [0.2, 0.25) is 0 Å². The number of carbonyl (C=O) groups is 1. The molecule has 5 heteroatoms. The molecule has 0 aromatic rings. The molecule has 114 valence electrons. The van der Waals surface area contributed by atoms with Gasteiger partial charge in [-0.05, 0) is 27.2 Å². The first-order chi connectivity index (χ1) is 9.90. The number of aliphatic hydroxyl groups excluding tert-OH is 1. The van der Waals surface area contributed by atoms with Gasteiger partial charge in [0.15, 0.2) is 0 Å². The van der Waals surface area contributed by atoms with Gasteiger partial charge in [0.05, 0.1) is 19.0 Å². The molecule has 1 aliphatic heterocycles. The Bertz CT molecular complexity index is 523. The number of aliphatic hydroxyl groups is 1. The predicted octanol–water partition coefficient (Wildman–Crippen LogP) is 3.06. The quantitative estimate of drug-likeness (QED) is 0.849. The molecule has 0 saturated carbocycles. The molecule has 1 amide bonds. The van der Waals surface area contributed by atoms with Gasteiger partial charge in [0, 0.05) is 11.5 Å². The standard InChI is InChI=1S/C16H21NO4/c1-16(2,3)21-15(19)17-8-9-20-14(10-17)13-7-5-4-6-12(13)11-18/h4-5,7-10,12,18H,6,11H2,1-3H3. The highest BCUT2D eigenvalue weighted by molar-refractivity contribution is 5.71. The molecule has 1 N–H and O–H groups in total. The summed E-state index contributed by atoms with van der Waals surface area (Å²) >= 11 is 0. The van der Waals surface area contributed by atoms with E-state index >= 15 is 0 Å². The van der Waals surface area contributed by atoms with E-state index in [1.54, 1.807) is 6.20 Å². The van der Waals surface area contributed by atoms with Gasteiger partial charge in [-0.3, -0.25) is 4.90 Å². The molecule has 5 nitrogen and oxygen atoms in total. The lowest BCUT2D eigenvalue weighted by Crippen LogP contribution is -2.32. The number of rotatable bonds is 2. The smallest absolute Gasteiger partial charge is 0.418 e. The van der Waals surface area contributed by atoms with Gasteiger partial charge in [-0.25, -0.2) is 4.79 Å². The number of hydrogen-bond donors (Lipinski definition) is 1. The van der Waals surface area contributed by atoms with Gasteiger partial charge in [-0.2, -0.15) is 0 Å². The number of hydrogen-bond acceptors (Lipinski definition) is 4. The summed E-state index contributed by atoms with van der Waals surface area (Å²) in [6.45, 7) is 5.48. The zero-order chi connectivity index (χ0) is 15.5. The molecular weight excluding hydrogens is 270 g/mol. The predicted molar refractivity (Wildman–Crippen MR) is 78.8 cm³/mol. The molecule has 0 aromatic heterocycles. The number of nitrogens with zero attached hydrogens (tertiary/aromatic N) is 1. The topological polar surface area (TPSA) is 59.0 Å². The van der Waals surface area contributed by atoms with Gasteiger partial charge < -0.3 is 14.6 Å². The largest absolute Gasteiger partial charge is 0.462 e. The van der Waals surface area contributed by atoms with Gasteiger partial charge in [-0.1, -0.05) is 18.2 Å². The van der Waals surface area contributed by atoms with Crippen LogP contribution in [0.15, 0.2) is 48.2 Å². The Morgan fingerprint density at radius 3 is 2.95 bits per heavy atom. The minimum Gasteiger partial charge on any atom is -0.462 e. The fourth-order valence-corrected chi connectivity index (χ4v) is 2.07. The van der Waals surface area contributed by atoms with E-state index in [1.807, 2.05) is 39.0 Å². The summed E-state index contributed by atoms with van der Waals surface area (Å²) < 4.78 is 10.8. The minimum atomic E-state index is -0.558. The average Bonchev–Trinajstić information content (AvgIpc) is 2.45. The van der Waals surface area contributed by atoms with Gasteiger partial charge >= 0.3 is 6.09 Å². The summed E-state index contributed by atoms with van der Waals surface area (Å²) in [5.41, 5.74) is 0.315. The first-order valence-corrected chi connectivity index (χ1v) is 6.95. The Morgan fingerprint density at radius 1 is 1.52 bits per heavy atom. The van der Waals surface area contributed by atoms with E-state index in [1.165, 1.54) is 17.4 Å². The van der Waals surface area contributed by atoms with E-state index < -0.39 is 11.7 Å². The second kappa shape index (κ2) is 6.18. The molecule has 1 heterocycles. The Morgan fingerprint density at radius 2 is 2.29 bits per heavy atom. The zero-order valence-electron chi connectivity index (χ0n) is 12.6. The molecule has 1 unspecified atom stereocenters. The van der Waals surface area contributed by atoms with Crippen molar-refractivity contribution in [2.45, 2.75) is 32.8 Å². The normalized spacial score (nSPS) is 21.5. The Kier molecular flexibility index (Phi) is 4.53. The van der Waals surface area contributed by atoms with Crippen LogP contribution >= 0.6 is 0 Å². The third kappa shape index (κ3) is 3.98. The van der Waals surface area contributed by atoms with Crippen LogP contribution in [0.1, 0.15) is 27.2 Å². The van der Waals surface area contributed by atoms with Crippen LogP contribution in [0.3, 0.4) is 0 Å². The van der Waals surface area contributed by atoms with Gasteiger partial charge in [0.25, 0.3) is 0 Å². The lowest BCUT2D eigenvalue weighted by molar-refractivity contribution is 0.0383. The zero-order valence-corrected chi connectivity index (χ0v) is 12.6. The number of carbonyl (C=O) groups excluding carboxylic acids is 1. The molecule has 0 aromatic carbocycles. The molecule has 1 aliphatic carbocycles. The summed E-state index contributed by atoms with van der Waals surface area (Å²) in [7, 11) is 0. The average molecular weight is 291 g/mol. The Labute approximate surface area is 124 Å². The molecular formula is C16H21NO4. The van der Waals surface area contributed by atoms with Crippen molar-refractivity contribution in [2.75, 3.05) is 6.61 Å². The number of ether oxygens (including phenoxy) is 2. The van der Waals surface area contributed by atoms with Gasteiger partial charge in [-0.15, -0.1) is 0 Å². The van der Waals surface area contributed by atoms with Gasteiger partial charge in [0.1, 0.15) is 17.6 Å². The minimum absolute atomic E-state index is 0.0202. The van der Waals surface area contributed by atoms with Crippen molar-refractivity contribution in [3.8, 4) is 0 Å². The highest BCUT2D eigenvalue weighted by atomic mass is 16.6. The van der Waals surface area contributed by atoms with Crippen LogP contribution in [0.25, 0.3) is 0 Å². The van der Waals surface area contributed by atoms with Crippen molar-refractivity contribution in [3.63, 3.8) is 0 Å².